The largest absolute Gasteiger partial charge is 0.352 e. The number of nitrogens with one attached hydrogen (secondary N) is 1. The fourth-order valence-electron chi connectivity index (χ4n) is 2.85. The van der Waals surface area contributed by atoms with Crippen LogP contribution in [-0.2, 0) is 24.2 Å². The maximum Gasteiger partial charge on any atom is 0.226 e. The van der Waals surface area contributed by atoms with Gasteiger partial charge in [0.15, 0.2) is 5.82 Å². The molecule has 1 aliphatic heterocycles. The van der Waals surface area contributed by atoms with Crippen LogP contribution >= 0.6 is 0 Å². The molecule has 118 valence electrons. The Kier molecular flexibility index (Phi) is 4.22. The standard InChI is InChI=1S/C15H21N5O2/c1-10-8-20-9-12(6-7-13(20)16-10)18-14(21)4-3-5-15-17-11(2)19-22-15/h8,12H,3-7,9H2,1-2H3,(H,18,21). The van der Waals surface area contributed by atoms with Crippen molar-refractivity contribution in [2.75, 3.05) is 0 Å². The smallest absolute Gasteiger partial charge is 0.226 e. The van der Waals surface area contributed by atoms with E-state index in [4.69, 9.17) is 4.52 Å². The highest BCUT2D eigenvalue weighted by Crippen LogP contribution is 2.15. The first kappa shape index (κ1) is 14.7. The van der Waals surface area contributed by atoms with Crippen molar-refractivity contribution in [3.8, 4) is 0 Å². The molecule has 2 aromatic rings. The third kappa shape index (κ3) is 3.52. The minimum Gasteiger partial charge on any atom is -0.352 e. The lowest BCUT2D eigenvalue weighted by molar-refractivity contribution is -0.122. The predicted molar refractivity (Wildman–Crippen MR) is 79.2 cm³/mol. The average molecular weight is 303 g/mol. The maximum atomic E-state index is 12.0. The second-order valence-electron chi connectivity index (χ2n) is 5.84. The van der Waals surface area contributed by atoms with Gasteiger partial charge in [0, 0.05) is 38.0 Å². The number of rotatable bonds is 5. The van der Waals surface area contributed by atoms with Crippen molar-refractivity contribution >= 4 is 5.91 Å². The summed E-state index contributed by atoms with van der Waals surface area (Å²) in [4.78, 5) is 20.6. The predicted octanol–water partition coefficient (Wildman–Crippen LogP) is 1.34. The van der Waals surface area contributed by atoms with Gasteiger partial charge in [-0.1, -0.05) is 5.16 Å². The van der Waals surface area contributed by atoms with Gasteiger partial charge in [-0.15, -0.1) is 0 Å². The molecule has 0 saturated heterocycles. The Morgan fingerprint density at radius 3 is 3.09 bits per heavy atom. The zero-order valence-electron chi connectivity index (χ0n) is 13.0. The summed E-state index contributed by atoms with van der Waals surface area (Å²) in [6.45, 7) is 4.60. The van der Waals surface area contributed by atoms with Crippen LogP contribution in [0.4, 0.5) is 0 Å². The Hall–Kier alpha value is -2.18. The van der Waals surface area contributed by atoms with E-state index in [-0.39, 0.29) is 11.9 Å². The molecule has 0 aliphatic carbocycles. The second kappa shape index (κ2) is 6.29. The molecular weight excluding hydrogens is 282 g/mol. The van der Waals surface area contributed by atoms with E-state index in [1.807, 2.05) is 13.1 Å². The van der Waals surface area contributed by atoms with Crippen LogP contribution in [0.15, 0.2) is 10.7 Å². The average Bonchev–Trinajstić information content (AvgIpc) is 3.03. The lowest BCUT2D eigenvalue weighted by atomic mass is 10.1. The summed E-state index contributed by atoms with van der Waals surface area (Å²) in [5, 5.41) is 6.84. The molecule has 0 spiro atoms. The Morgan fingerprint density at radius 2 is 2.32 bits per heavy atom. The van der Waals surface area contributed by atoms with E-state index in [2.05, 4.69) is 25.0 Å². The van der Waals surface area contributed by atoms with Crippen LogP contribution in [0.3, 0.4) is 0 Å². The van der Waals surface area contributed by atoms with Gasteiger partial charge in [0.25, 0.3) is 0 Å². The molecule has 7 nitrogen and oxygen atoms in total. The van der Waals surface area contributed by atoms with E-state index in [9.17, 15) is 4.79 Å². The topological polar surface area (TPSA) is 85.8 Å². The van der Waals surface area contributed by atoms with Crippen LogP contribution in [0.1, 0.15) is 42.5 Å². The van der Waals surface area contributed by atoms with Crippen LogP contribution in [-0.4, -0.2) is 31.6 Å². The molecule has 0 aromatic carbocycles. The molecular formula is C15H21N5O2. The highest BCUT2D eigenvalue weighted by molar-refractivity contribution is 5.76. The Bertz CT molecular complexity index is 661. The van der Waals surface area contributed by atoms with Gasteiger partial charge in [-0.25, -0.2) is 4.98 Å². The van der Waals surface area contributed by atoms with E-state index in [1.54, 1.807) is 6.92 Å². The number of aromatic nitrogens is 4. The molecule has 0 saturated carbocycles. The normalized spacial score (nSPS) is 17.3. The Morgan fingerprint density at radius 1 is 1.45 bits per heavy atom. The highest BCUT2D eigenvalue weighted by atomic mass is 16.5. The lowest BCUT2D eigenvalue weighted by Crippen LogP contribution is -2.40. The third-order valence-electron chi connectivity index (χ3n) is 3.84. The summed E-state index contributed by atoms with van der Waals surface area (Å²) < 4.78 is 7.18. The molecule has 1 atom stereocenters. The van der Waals surface area contributed by atoms with Gasteiger partial charge in [-0.3, -0.25) is 4.79 Å². The maximum absolute atomic E-state index is 12.0. The van der Waals surface area contributed by atoms with E-state index in [0.29, 0.717) is 24.6 Å². The number of fused-ring (bicyclic) bond motifs is 1. The third-order valence-corrected chi connectivity index (χ3v) is 3.84. The number of hydrogen-bond acceptors (Lipinski definition) is 5. The van der Waals surface area contributed by atoms with E-state index in [1.165, 1.54) is 0 Å². The minimum absolute atomic E-state index is 0.0847. The summed E-state index contributed by atoms with van der Waals surface area (Å²) in [7, 11) is 0. The van der Waals surface area contributed by atoms with Gasteiger partial charge >= 0.3 is 0 Å². The Balaban J connectivity index is 1.42. The number of carbonyl (C=O) groups is 1. The van der Waals surface area contributed by atoms with Crippen molar-refractivity contribution in [2.24, 2.45) is 0 Å². The lowest BCUT2D eigenvalue weighted by Gasteiger charge is -2.24. The number of amides is 1. The molecule has 1 unspecified atom stereocenters. The highest BCUT2D eigenvalue weighted by Gasteiger charge is 2.21. The van der Waals surface area contributed by atoms with Crippen LogP contribution in [0.25, 0.3) is 0 Å². The molecule has 0 fully saturated rings. The monoisotopic (exact) mass is 303 g/mol. The van der Waals surface area contributed by atoms with Crippen molar-refractivity contribution in [1.82, 2.24) is 25.0 Å². The SMILES string of the molecule is Cc1cn2c(n1)CCC(NC(=O)CCCc1nc(C)no1)C2. The van der Waals surface area contributed by atoms with Crippen LogP contribution in [0.5, 0.6) is 0 Å². The number of hydrogen-bond donors (Lipinski definition) is 1. The number of imidazole rings is 1. The molecule has 3 heterocycles. The number of nitrogens with zero attached hydrogens (tertiary/aromatic N) is 4. The van der Waals surface area contributed by atoms with Crippen LogP contribution in [0, 0.1) is 13.8 Å². The summed E-state index contributed by atoms with van der Waals surface area (Å²) in [5.41, 5.74) is 1.04. The van der Waals surface area contributed by atoms with Crippen molar-refractivity contribution in [2.45, 2.75) is 58.5 Å². The summed E-state index contributed by atoms with van der Waals surface area (Å²) in [5.74, 6) is 2.44. The molecule has 22 heavy (non-hydrogen) atoms. The molecule has 1 N–H and O–H groups in total. The summed E-state index contributed by atoms with van der Waals surface area (Å²) in [6, 6.07) is 0.194. The Labute approximate surface area is 129 Å². The second-order valence-corrected chi connectivity index (χ2v) is 5.84. The van der Waals surface area contributed by atoms with Crippen molar-refractivity contribution < 1.29 is 9.32 Å². The first-order valence-electron chi connectivity index (χ1n) is 7.71. The van der Waals surface area contributed by atoms with E-state index < -0.39 is 0 Å². The summed E-state index contributed by atoms with van der Waals surface area (Å²) in [6.07, 6.45) is 5.75. The van der Waals surface area contributed by atoms with E-state index >= 15 is 0 Å². The van der Waals surface area contributed by atoms with Crippen LogP contribution in [0.2, 0.25) is 0 Å². The number of carbonyl (C=O) groups excluding carboxylic acids is 1. The van der Waals surface area contributed by atoms with E-state index in [0.717, 1.165) is 37.3 Å². The van der Waals surface area contributed by atoms with Crippen molar-refractivity contribution in [3.63, 3.8) is 0 Å². The van der Waals surface area contributed by atoms with Gasteiger partial charge in [0.05, 0.1) is 5.69 Å². The molecule has 0 bridgehead atoms. The van der Waals surface area contributed by atoms with Crippen molar-refractivity contribution in [1.29, 1.82) is 0 Å². The van der Waals surface area contributed by atoms with Gasteiger partial charge in [-0.05, 0) is 26.7 Å². The molecule has 3 rings (SSSR count). The number of aryl methyl sites for hydroxylation is 4. The molecule has 7 heteroatoms. The fraction of sp³-hybridized carbons (Fsp3) is 0.600. The fourth-order valence-corrected chi connectivity index (χ4v) is 2.85. The van der Waals surface area contributed by atoms with Gasteiger partial charge in [0.2, 0.25) is 11.8 Å². The first-order valence-corrected chi connectivity index (χ1v) is 7.71. The van der Waals surface area contributed by atoms with Crippen molar-refractivity contribution in [3.05, 3.63) is 29.4 Å². The molecule has 1 amide bonds. The quantitative estimate of drug-likeness (QED) is 0.900. The zero-order chi connectivity index (χ0) is 15.5. The zero-order valence-corrected chi connectivity index (χ0v) is 13.0. The first-order chi connectivity index (χ1) is 10.6. The molecule has 1 aliphatic rings. The van der Waals surface area contributed by atoms with Gasteiger partial charge < -0.3 is 14.4 Å². The summed E-state index contributed by atoms with van der Waals surface area (Å²) >= 11 is 0. The van der Waals surface area contributed by atoms with Gasteiger partial charge in [-0.2, -0.15) is 4.98 Å². The minimum atomic E-state index is 0.0847. The van der Waals surface area contributed by atoms with Gasteiger partial charge in [0.1, 0.15) is 5.82 Å². The molecule has 2 aromatic heterocycles. The van der Waals surface area contributed by atoms with Crippen LogP contribution < -0.4 is 5.32 Å². The molecule has 0 radical (unpaired) electrons.